The van der Waals surface area contributed by atoms with E-state index < -0.39 is 0 Å². The van der Waals surface area contributed by atoms with Crippen LogP contribution in [-0.2, 0) is 0 Å². The first-order valence-corrected chi connectivity index (χ1v) is 9.28. The van der Waals surface area contributed by atoms with Crippen molar-refractivity contribution >= 4 is 11.1 Å². The molecule has 3 N–H and O–H groups in total. The highest BCUT2D eigenvalue weighted by molar-refractivity contribution is 5.98. The van der Waals surface area contributed by atoms with E-state index in [1.165, 1.54) is 0 Å². The number of ether oxygens (including phenoxy) is 1. The zero-order chi connectivity index (χ0) is 19.9. The number of allylic oxidation sites excluding steroid dienone is 1. The molecule has 0 aromatic heterocycles. The molecule has 28 heavy (non-hydrogen) atoms. The largest absolute Gasteiger partial charge is 0.508 e. The lowest BCUT2D eigenvalue weighted by Gasteiger charge is -2.17. The molecular weight excluding hydrogens is 352 g/mol. The Labute approximate surface area is 165 Å². The Bertz CT molecular complexity index is 894. The Hall–Kier alpha value is -3.24. The predicted molar refractivity (Wildman–Crippen MR) is 111 cm³/mol. The van der Waals surface area contributed by atoms with Crippen LogP contribution in [0.5, 0.6) is 17.2 Å². The van der Waals surface area contributed by atoms with Gasteiger partial charge in [0.1, 0.15) is 23.9 Å². The molecule has 0 bridgehead atoms. The van der Waals surface area contributed by atoms with Gasteiger partial charge in [-0.3, -0.25) is 0 Å². The fourth-order valence-corrected chi connectivity index (χ4v) is 3.23. The summed E-state index contributed by atoms with van der Waals surface area (Å²) in [6.07, 6.45) is 0.778. The van der Waals surface area contributed by atoms with Crippen molar-refractivity contribution in [3.63, 3.8) is 0 Å². The average molecular weight is 376 g/mol. The summed E-state index contributed by atoms with van der Waals surface area (Å²) >= 11 is 0. The Morgan fingerprint density at radius 1 is 0.786 bits per heavy atom. The summed E-state index contributed by atoms with van der Waals surface area (Å²) < 4.78 is 5.57. The van der Waals surface area contributed by atoms with Crippen LogP contribution in [-0.4, -0.2) is 28.5 Å². The van der Waals surface area contributed by atoms with Crippen LogP contribution in [0.3, 0.4) is 0 Å². The van der Waals surface area contributed by atoms with E-state index in [4.69, 9.17) is 9.84 Å². The molecule has 0 fully saturated rings. The number of aliphatic hydroxyl groups excluding tert-OH is 1. The van der Waals surface area contributed by atoms with Crippen molar-refractivity contribution in [1.29, 1.82) is 0 Å². The fraction of sp³-hybridized carbons (Fsp3) is 0.167. The van der Waals surface area contributed by atoms with Gasteiger partial charge in [0, 0.05) is 0 Å². The van der Waals surface area contributed by atoms with Crippen molar-refractivity contribution in [2.24, 2.45) is 0 Å². The minimum atomic E-state index is -0.0348. The molecule has 4 heteroatoms. The minimum absolute atomic E-state index is 0.0348. The van der Waals surface area contributed by atoms with Gasteiger partial charge in [0.25, 0.3) is 0 Å². The number of benzene rings is 3. The normalized spacial score (nSPS) is 10.5. The molecule has 3 rings (SSSR count). The molecule has 3 aromatic rings. The fourth-order valence-electron chi connectivity index (χ4n) is 3.23. The number of phenolic OH excluding ortho intramolecular Hbond substituents is 2. The van der Waals surface area contributed by atoms with E-state index in [1.54, 1.807) is 24.3 Å². The topological polar surface area (TPSA) is 69.9 Å². The highest BCUT2D eigenvalue weighted by atomic mass is 16.5. The number of hydrogen-bond acceptors (Lipinski definition) is 4. The van der Waals surface area contributed by atoms with Crippen molar-refractivity contribution in [3.8, 4) is 17.2 Å². The van der Waals surface area contributed by atoms with Gasteiger partial charge in [0.05, 0.1) is 6.61 Å². The molecule has 0 saturated carbocycles. The molecule has 0 aliphatic rings. The van der Waals surface area contributed by atoms with Gasteiger partial charge in [0.2, 0.25) is 0 Å². The van der Waals surface area contributed by atoms with Gasteiger partial charge in [0.15, 0.2) is 0 Å². The summed E-state index contributed by atoms with van der Waals surface area (Å²) in [7, 11) is 0. The van der Waals surface area contributed by atoms with Crippen LogP contribution in [0, 0.1) is 0 Å². The van der Waals surface area contributed by atoms with Gasteiger partial charge >= 0.3 is 0 Å². The van der Waals surface area contributed by atoms with Crippen LogP contribution < -0.4 is 4.74 Å². The predicted octanol–water partition coefficient (Wildman–Crippen LogP) is 4.84. The first-order chi connectivity index (χ1) is 13.6. The zero-order valence-corrected chi connectivity index (χ0v) is 15.8. The highest BCUT2D eigenvalue weighted by Crippen LogP contribution is 2.36. The van der Waals surface area contributed by atoms with E-state index in [1.807, 2.05) is 48.5 Å². The summed E-state index contributed by atoms with van der Waals surface area (Å²) in [6.45, 7) is 2.31. The first kappa shape index (κ1) is 19.5. The molecule has 0 unspecified atom stereocenters. The molecule has 0 radical (unpaired) electrons. The number of phenols is 2. The van der Waals surface area contributed by atoms with Crippen molar-refractivity contribution in [1.82, 2.24) is 0 Å². The second kappa shape index (κ2) is 9.11. The molecule has 0 aliphatic carbocycles. The van der Waals surface area contributed by atoms with Crippen LogP contribution in [0.4, 0.5) is 0 Å². The lowest BCUT2D eigenvalue weighted by atomic mass is 9.88. The van der Waals surface area contributed by atoms with Crippen molar-refractivity contribution < 1.29 is 20.1 Å². The molecular formula is C24H24O4. The summed E-state index contributed by atoms with van der Waals surface area (Å²) in [5, 5.41) is 28.4. The van der Waals surface area contributed by atoms with Crippen LogP contribution in [0.25, 0.3) is 11.1 Å². The molecule has 144 valence electrons. The van der Waals surface area contributed by atoms with Gasteiger partial charge in [-0.2, -0.15) is 0 Å². The standard InChI is InChI=1S/C24H24O4/c1-2-23(19-4-3-5-22(16-19)28-15-14-25)24(17-6-10-20(26)11-7-17)18-8-12-21(27)13-9-18/h3-13,16,25-27H,2,14-15H2,1H3. The van der Waals surface area contributed by atoms with Crippen LogP contribution >= 0.6 is 0 Å². The van der Waals surface area contributed by atoms with Gasteiger partial charge in [-0.1, -0.05) is 43.3 Å². The van der Waals surface area contributed by atoms with E-state index in [-0.39, 0.29) is 24.7 Å². The van der Waals surface area contributed by atoms with E-state index in [0.717, 1.165) is 34.3 Å². The molecule has 3 aromatic carbocycles. The van der Waals surface area contributed by atoms with Crippen molar-refractivity contribution in [3.05, 3.63) is 89.5 Å². The lowest BCUT2D eigenvalue weighted by molar-refractivity contribution is 0.201. The third kappa shape index (κ3) is 4.53. The molecule has 4 nitrogen and oxygen atoms in total. The quantitative estimate of drug-likeness (QED) is 0.516. The van der Waals surface area contributed by atoms with Crippen LogP contribution in [0.1, 0.15) is 30.0 Å². The maximum atomic E-state index is 9.69. The summed E-state index contributed by atoms with van der Waals surface area (Å²) in [5.74, 6) is 1.13. The van der Waals surface area contributed by atoms with Crippen molar-refractivity contribution in [2.45, 2.75) is 13.3 Å². The van der Waals surface area contributed by atoms with E-state index in [0.29, 0.717) is 5.75 Å². The molecule has 0 amide bonds. The Morgan fingerprint density at radius 2 is 1.36 bits per heavy atom. The van der Waals surface area contributed by atoms with E-state index >= 15 is 0 Å². The second-order valence-corrected chi connectivity index (χ2v) is 6.40. The molecule has 0 atom stereocenters. The monoisotopic (exact) mass is 376 g/mol. The number of hydrogen-bond donors (Lipinski definition) is 3. The Kier molecular flexibility index (Phi) is 6.35. The van der Waals surface area contributed by atoms with Gasteiger partial charge in [-0.05, 0) is 70.7 Å². The van der Waals surface area contributed by atoms with E-state index in [9.17, 15) is 10.2 Å². The molecule has 0 aliphatic heterocycles. The third-order valence-electron chi connectivity index (χ3n) is 4.51. The first-order valence-electron chi connectivity index (χ1n) is 9.28. The summed E-state index contributed by atoms with van der Waals surface area (Å²) in [6, 6.07) is 22.0. The SMILES string of the molecule is CCC(=C(c1ccc(O)cc1)c1ccc(O)cc1)c1cccc(OCCO)c1. The Balaban J connectivity index is 2.18. The van der Waals surface area contributed by atoms with Gasteiger partial charge in [-0.15, -0.1) is 0 Å². The maximum Gasteiger partial charge on any atom is 0.120 e. The zero-order valence-electron chi connectivity index (χ0n) is 15.8. The van der Waals surface area contributed by atoms with Gasteiger partial charge < -0.3 is 20.1 Å². The van der Waals surface area contributed by atoms with Crippen LogP contribution in [0.2, 0.25) is 0 Å². The summed E-state index contributed by atoms with van der Waals surface area (Å²) in [4.78, 5) is 0. The molecule has 0 heterocycles. The third-order valence-corrected chi connectivity index (χ3v) is 4.51. The average Bonchev–Trinajstić information content (AvgIpc) is 2.72. The molecule has 0 saturated heterocycles. The summed E-state index contributed by atoms with van der Waals surface area (Å²) in [5.41, 5.74) is 5.12. The molecule has 0 spiro atoms. The lowest BCUT2D eigenvalue weighted by Crippen LogP contribution is -2.02. The van der Waals surface area contributed by atoms with Crippen LogP contribution in [0.15, 0.2) is 72.8 Å². The van der Waals surface area contributed by atoms with E-state index in [2.05, 4.69) is 6.92 Å². The Morgan fingerprint density at radius 3 is 1.86 bits per heavy atom. The second-order valence-electron chi connectivity index (χ2n) is 6.40. The maximum absolute atomic E-state index is 9.69. The number of aromatic hydroxyl groups is 2. The highest BCUT2D eigenvalue weighted by Gasteiger charge is 2.14. The number of rotatable bonds is 7. The number of aliphatic hydroxyl groups is 1. The van der Waals surface area contributed by atoms with Gasteiger partial charge in [-0.25, -0.2) is 0 Å². The smallest absolute Gasteiger partial charge is 0.120 e. The minimum Gasteiger partial charge on any atom is -0.508 e. The van der Waals surface area contributed by atoms with Crippen molar-refractivity contribution in [2.75, 3.05) is 13.2 Å².